The number of methoxy groups -OCH3 is 1. The van der Waals surface area contributed by atoms with Gasteiger partial charge in [-0.2, -0.15) is 5.26 Å². The van der Waals surface area contributed by atoms with Crippen LogP contribution in [0.1, 0.15) is 29.7 Å². The van der Waals surface area contributed by atoms with Gasteiger partial charge in [0.1, 0.15) is 24.1 Å². The predicted octanol–water partition coefficient (Wildman–Crippen LogP) is 5.96. The molecule has 0 saturated heterocycles. The second kappa shape index (κ2) is 11.3. The second-order valence-electron chi connectivity index (χ2n) is 7.22. The standard InChI is InChI=1S/C26H22BrFN2O3/c1-17(19-6-4-3-5-7-19)30-26(31)21(15-29)12-20-13-24(32-2)25(14-23(20)27)33-16-18-8-10-22(28)11-9-18/h3-14,17H,16H2,1-2H3,(H,30,31)/b21-12-/t17-/m1/s1. The first-order valence-electron chi connectivity index (χ1n) is 10.1. The van der Waals surface area contributed by atoms with Crippen LogP contribution < -0.4 is 14.8 Å². The summed E-state index contributed by atoms with van der Waals surface area (Å²) in [6, 6.07) is 20.6. The first kappa shape index (κ1) is 24.0. The van der Waals surface area contributed by atoms with Gasteiger partial charge in [-0.3, -0.25) is 4.79 Å². The highest BCUT2D eigenvalue weighted by Gasteiger charge is 2.16. The van der Waals surface area contributed by atoms with E-state index in [4.69, 9.17) is 9.47 Å². The van der Waals surface area contributed by atoms with Crippen molar-refractivity contribution in [2.75, 3.05) is 7.11 Å². The molecule has 0 saturated carbocycles. The topological polar surface area (TPSA) is 71.3 Å². The Morgan fingerprint density at radius 3 is 2.48 bits per heavy atom. The van der Waals surface area contributed by atoms with Crippen LogP contribution in [0.3, 0.4) is 0 Å². The number of nitrogens with one attached hydrogen (secondary N) is 1. The smallest absolute Gasteiger partial charge is 0.262 e. The fourth-order valence-corrected chi connectivity index (χ4v) is 3.52. The van der Waals surface area contributed by atoms with E-state index in [-0.39, 0.29) is 24.0 Å². The number of halogens is 2. The Bertz CT molecular complexity index is 1190. The molecular weight excluding hydrogens is 487 g/mol. The summed E-state index contributed by atoms with van der Waals surface area (Å²) in [7, 11) is 1.50. The number of rotatable bonds is 8. The van der Waals surface area contributed by atoms with E-state index in [9.17, 15) is 14.4 Å². The minimum Gasteiger partial charge on any atom is -0.493 e. The molecule has 1 atom stereocenters. The van der Waals surface area contributed by atoms with Crippen molar-refractivity contribution in [3.05, 3.63) is 99.3 Å². The van der Waals surface area contributed by atoms with Crippen LogP contribution in [-0.4, -0.2) is 13.0 Å². The zero-order chi connectivity index (χ0) is 23.8. The van der Waals surface area contributed by atoms with E-state index < -0.39 is 5.91 Å². The van der Waals surface area contributed by atoms with Gasteiger partial charge in [0, 0.05) is 4.47 Å². The number of hydrogen-bond acceptors (Lipinski definition) is 4. The molecule has 3 rings (SSSR count). The fourth-order valence-electron chi connectivity index (χ4n) is 3.08. The maximum Gasteiger partial charge on any atom is 0.262 e. The molecule has 0 fully saturated rings. The number of carbonyl (C=O) groups is 1. The van der Waals surface area contributed by atoms with E-state index in [1.54, 1.807) is 24.3 Å². The molecule has 33 heavy (non-hydrogen) atoms. The molecule has 7 heteroatoms. The van der Waals surface area contributed by atoms with Gasteiger partial charge < -0.3 is 14.8 Å². The monoisotopic (exact) mass is 508 g/mol. The van der Waals surface area contributed by atoms with Gasteiger partial charge in [-0.25, -0.2) is 4.39 Å². The lowest BCUT2D eigenvalue weighted by Crippen LogP contribution is -2.27. The first-order valence-corrected chi connectivity index (χ1v) is 10.9. The Morgan fingerprint density at radius 1 is 1.15 bits per heavy atom. The lowest BCUT2D eigenvalue weighted by molar-refractivity contribution is -0.117. The Labute approximate surface area is 200 Å². The van der Waals surface area contributed by atoms with Crippen molar-refractivity contribution in [2.24, 2.45) is 0 Å². The number of hydrogen-bond donors (Lipinski definition) is 1. The molecule has 0 bridgehead atoms. The molecule has 0 aliphatic carbocycles. The Kier molecular flexibility index (Phi) is 8.22. The third-order valence-electron chi connectivity index (χ3n) is 4.90. The van der Waals surface area contributed by atoms with Crippen molar-refractivity contribution < 1.29 is 18.7 Å². The molecule has 0 spiro atoms. The summed E-state index contributed by atoms with van der Waals surface area (Å²) in [6.45, 7) is 2.08. The first-order chi connectivity index (χ1) is 15.9. The molecule has 3 aromatic rings. The number of ether oxygens (including phenoxy) is 2. The van der Waals surface area contributed by atoms with Crippen molar-refractivity contribution >= 4 is 27.9 Å². The third-order valence-corrected chi connectivity index (χ3v) is 5.59. The largest absolute Gasteiger partial charge is 0.493 e. The van der Waals surface area contributed by atoms with Crippen LogP contribution in [0.5, 0.6) is 11.5 Å². The number of nitrogens with zero attached hydrogens (tertiary/aromatic N) is 1. The molecule has 3 aromatic carbocycles. The highest BCUT2D eigenvalue weighted by molar-refractivity contribution is 9.10. The van der Waals surface area contributed by atoms with Crippen molar-refractivity contribution in [1.82, 2.24) is 5.32 Å². The van der Waals surface area contributed by atoms with Crippen molar-refractivity contribution in [2.45, 2.75) is 19.6 Å². The minimum atomic E-state index is -0.476. The van der Waals surface area contributed by atoms with Crippen molar-refractivity contribution in [3.63, 3.8) is 0 Å². The predicted molar refractivity (Wildman–Crippen MR) is 128 cm³/mol. The molecule has 0 radical (unpaired) electrons. The lowest BCUT2D eigenvalue weighted by atomic mass is 10.1. The molecule has 5 nitrogen and oxygen atoms in total. The summed E-state index contributed by atoms with van der Waals surface area (Å²) in [6.07, 6.45) is 1.49. The van der Waals surface area contributed by atoms with Crippen LogP contribution in [0.15, 0.2) is 76.8 Å². The number of benzene rings is 3. The summed E-state index contributed by atoms with van der Waals surface area (Å²) in [5.74, 6) is 0.107. The van der Waals surface area contributed by atoms with Gasteiger partial charge in [0.05, 0.1) is 13.2 Å². The molecule has 0 aromatic heterocycles. The van der Waals surface area contributed by atoms with Crippen molar-refractivity contribution in [1.29, 1.82) is 5.26 Å². The molecule has 1 amide bonds. The average molecular weight is 509 g/mol. The second-order valence-corrected chi connectivity index (χ2v) is 8.07. The van der Waals surface area contributed by atoms with Gasteiger partial charge in [-0.05, 0) is 54.0 Å². The molecule has 1 N–H and O–H groups in total. The van der Waals surface area contributed by atoms with Crippen molar-refractivity contribution in [3.8, 4) is 17.6 Å². The van der Waals surface area contributed by atoms with E-state index in [0.29, 0.717) is 21.5 Å². The maximum atomic E-state index is 13.1. The van der Waals surface area contributed by atoms with Gasteiger partial charge in [0.2, 0.25) is 0 Å². The number of carbonyl (C=O) groups excluding carboxylic acids is 1. The van der Waals surface area contributed by atoms with Crippen LogP contribution in [0.2, 0.25) is 0 Å². The van der Waals surface area contributed by atoms with Gasteiger partial charge >= 0.3 is 0 Å². The van der Waals surface area contributed by atoms with Crippen LogP contribution in [-0.2, 0) is 11.4 Å². The summed E-state index contributed by atoms with van der Waals surface area (Å²) in [5.41, 5.74) is 2.28. The van der Waals surface area contributed by atoms with Crippen LogP contribution >= 0.6 is 15.9 Å². The molecule has 0 aliphatic rings. The maximum absolute atomic E-state index is 13.1. The molecular formula is C26H22BrFN2O3. The zero-order valence-corrected chi connectivity index (χ0v) is 19.7. The Balaban J connectivity index is 1.78. The molecule has 0 heterocycles. The highest BCUT2D eigenvalue weighted by atomic mass is 79.9. The van der Waals surface area contributed by atoms with Gasteiger partial charge in [-0.15, -0.1) is 0 Å². The number of nitriles is 1. The Hall–Kier alpha value is -3.63. The van der Waals surface area contributed by atoms with Crippen LogP contribution in [0.4, 0.5) is 4.39 Å². The summed E-state index contributed by atoms with van der Waals surface area (Å²) < 4.78 is 25.0. The van der Waals surface area contributed by atoms with Crippen LogP contribution in [0, 0.1) is 17.1 Å². The minimum absolute atomic E-state index is 0.0412. The Morgan fingerprint density at radius 2 is 1.85 bits per heavy atom. The zero-order valence-electron chi connectivity index (χ0n) is 18.1. The molecule has 0 aliphatic heterocycles. The fraction of sp³-hybridized carbons (Fsp3) is 0.154. The number of amides is 1. The summed E-state index contributed by atoms with van der Waals surface area (Å²) in [4.78, 5) is 12.7. The normalized spacial score (nSPS) is 11.9. The summed E-state index contributed by atoms with van der Waals surface area (Å²) >= 11 is 3.47. The third kappa shape index (κ3) is 6.43. The van der Waals surface area contributed by atoms with E-state index in [1.165, 1.54) is 25.3 Å². The van der Waals surface area contributed by atoms with Gasteiger partial charge in [0.25, 0.3) is 5.91 Å². The van der Waals surface area contributed by atoms with E-state index in [0.717, 1.165) is 11.1 Å². The quantitative estimate of drug-likeness (QED) is 0.301. The van der Waals surface area contributed by atoms with E-state index in [1.807, 2.05) is 43.3 Å². The molecule has 168 valence electrons. The van der Waals surface area contributed by atoms with Crippen LogP contribution in [0.25, 0.3) is 6.08 Å². The van der Waals surface area contributed by atoms with Gasteiger partial charge in [0.15, 0.2) is 11.5 Å². The summed E-state index contributed by atoms with van der Waals surface area (Å²) in [5, 5.41) is 12.4. The lowest BCUT2D eigenvalue weighted by Gasteiger charge is -2.15. The highest BCUT2D eigenvalue weighted by Crippen LogP contribution is 2.35. The molecule has 0 unspecified atom stereocenters. The van der Waals surface area contributed by atoms with Gasteiger partial charge in [-0.1, -0.05) is 58.4 Å². The van der Waals surface area contributed by atoms with E-state index in [2.05, 4.69) is 21.2 Å². The van der Waals surface area contributed by atoms with E-state index >= 15 is 0 Å². The average Bonchev–Trinajstić information content (AvgIpc) is 2.83. The SMILES string of the molecule is COc1cc(/C=C(/C#N)C(=O)N[C@H](C)c2ccccc2)c(Br)cc1OCc1ccc(F)cc1.